The fourth-order valence-electron chi connectivity index (χ4n) is 3.54. The van der Waals surface area contributed by atoms with E-state index in [9.17, 15) is 23.1 Å². The molecule has 0 atom stereocenters. The molecule has 7 heteroatoms. The highest BCUT2D eigenvalue weighted by Gasteiger charge is 2.33. The van der Waals surface area contributed by atoms with Gasteiger partial charge in [-0.05, 0) is 49.6 Å². The molecule has 3 nitrogen and oxygen atoms in total. The van der Waals surface area contributed by atoms with Crippen LogP contribution in [0.15, 0.2) is 56.6 Å². The minimum atomic E-state index is -4.43. The number of rotatable bonds is 5. The van der Waals surface area contributed by atoms with Gasteiger partial charge in [0.2, 0.25) is 0 Å². The monoisotopic (exact) mass is 434 g/mol. The second-order valence-electron chi connectivity index (χ2n) is 7.13. The molecule has 0 aliphatic carbocycles. The van der Waals surface area contributed by atoms with Crippen molar-refractivity contribution < 1.29 is 22.7 Å². The third-order valence-electron chi connectivity index (χ3n) is 4.71. The average Bonchev–Trinajstić information content (AvgIpc) is 2.63. The largest absolute Gasteiger partial charge is 0.507 e. The van der Waals surface area contributed by atoms with E-state index in [1.807, 2.05) is 32.9 Å². The Kier molecular flexibility index (Phi) is 6.31. The number of hydrogen-bond donors (Lipinski definition) is 1. The van der Waals surface area contributed by atoms with Crippen LogP contribution < -0.4 is 5.63 Å². The van der Waals surface area contributed by atoms with Crippen LogP contribution in [0, 0.1) is 20.8 Å². The summed E-state index contributed by atoms with van der Waals surface area (Å²) in [6.45, 7) is 5.66. The van der Waals surface area contributed by atoms with Gasteiger partial charge in [-0.2, -0.15) is 13.2 Å². The van der Waals surface area contributed by atoms with Crippen LogP contribution in [0.25, 0.3) is 11.1 Å². The Morgan fingerprint density at radius 3 is 2.23 bits per heavy atom. The summed E-state index contributed by atoms with van der Waals surface area (Å²) in [6, 6.07) is 10.5. The van der Waals surface area contributed by atoms with E-state index in [2.05, 4.69) is 0 Å². The summed E-state index contributed by atoms with van der Waals surface area (Å²) in [5.41, 5.74) is 2.12. The highest BCUT2D eigenvalue weighted by atomic mass is 32.2. The van der Waals surface area contributed by atoms with Crippen molar-refractivity contribution >= 4 is 11.8 Å². The van der Waals surface area contributed by atoms with E-state index in [-0.39, 0.29) is 34.1 Å². The third kappa shape index (κ3) is 4.73. The minimum absolute atomic E-state index is 0.101. The van der Waals surface area contributed by atoms with E-state index < -0.39 is 17.4 Å². The molecule has 158 valence electrons. The first-order valence-corrected chi connectivity index (χ1v) is 10.3. The molecular formula is C23H21F3O3S. The second kappa shape index (κ2) is 8.60. The molecule has 1 heterocycles. The molecule has 0 aliphatic rings. The number of halogens is 3. The highest BCUT2D eigenvalue weighted by Crippen LogP contribution is 2.37. The fourth-order valence-corrected chi connectivity index (χ4v) is 4.58. The van der Waals surface area contributed by atoms with Crippen LogP contribution in [0.4, 0.5) is 13.2 Å². The average molecular weight is 434 g/mol. The zero-order valence-electron chi connectivity index (χ0n) is 16.8. The Morgan fingerprint density at radius 2 is 1.63 bits per heavy atom. The van der Waals surface area contributed by atoms with Crippen molar-refractivity contribution in [3.8, 4) is 16.9 Å². The number of aryl methyl sites for hydroxylation is 4. The molecule has 0 aliphatic heterocycles. The van der Waals surface area contributed by atoms with Crippen molar-refractivity contribution in [1.29, 1.82) is 0 Å². The van der Waals surface area contributed by atoms with Gasteiger partial charge in [-0.1, -0.05) is 29.8 Å². The molecule has 0 amide bonds. The minimum Gasteiger partial charge on any atom is -0.507 e. The lowest BCUT2D eigenvalue weighted by atomic mass is 9.94. The van der Waals surface area contributed by atoms with Gasteiger partial charge in [-0.25, -0.2) is 4.79 Å². The Labute approximate surface area is 176 Å². The van der Waals surface area contributed by atoms with Gasteiger partial charge in [0.15, 0.2) is 0 Å². The number of benzene rings is 2. The van der Waals surface area contributed by atoms with Gasteiger partial charge in [0.1, 0.15) is 17.1 Å². The van der Waals surface area contributed by atoms with Crippen molar-refractivity contribution in [2.24, 2.45) is 0 Å². The third-order valence-corrected chi connectivity index (χ3v) is 5.78. The van der Waals surface area contributed by atoms with E-state index in [4.69, 9.17) is 4.42 Å². The number of aromatic hydroxyl groups is 1. The van der Waals surface area contributed by atoms with Crippen molar-refractivity contribution in [2.45, 2.75) is 38.3 Å². The molecule has 1 N–H and O–H groups in total. The molecule has 0 saturated heterocycles. The highest BCUT2D eigenvalue weighted by molar-refractivity contribution is 7.99. The molecule has 0 unspecified atom stereocenters. The molecule has 0 fully saturated rings. The molecule has 2 aromatic carbocycles. The maximum atomic E-state index is 13.1. The topological polar surface area (TPSA) is 50.4 Å². The summed E-state index contributed by atoms with van der Waals surface area (Å²) < 4.78 is 44.7. The molecule has 0 radical (unpaired) electrons. The number of alkyl halides is 3. The van der Waals surface area contributed by atoms with E-state index in [0.717, 1.165) is 34.5 Å². The molecular weight excluding hydrogens is 413 g/mol. The smallest absolute Gasteiger partial charge is 0.417 e. The van der Waals surface area contributed by atoms with E-state index in [1.165, 1.54) is 18.2 Å². The van der Waals surface area contributed by atoms with Crippen molar-refractivity contribution in [2.75, 3.05) is 5.75 Å². The van der Waals surface area contributed by atoms with Crippen molar-refractivity contribution in [3.63, 3.8) is 0 Å². The van der Waals surface area contributed by atoms with E-state index >= 15 is 0 Å². The maximum absolute atomic E-state index is 13.1. The lowest BCUT2D eigenvalue weighted by molar-refractivity contribution is -0.139. The Bertz CT molecular complexity index is 1110. The fraction of sp³-hybridized carbons (Fsp3) is 0.261. The molecule has 0 spiro atoms. The number of thioether (sulfide) groups is 1. The summed E-state index contributed by atoms with van der Waals surface area (Å²) in [5.74, 6) is 0.287. The van der Waals surface area contributed by atoms with Gasteiger partial charge in [-0.3, -0.25) is 0 Å². The van der Waals surface area contributed by atoms with Crippen LogP contribution in [-0.2, 0) is 12.6 Å². The summed E-state index contributed by atoms with van der Waals surface area (Å²) in [7, 11) is 0. The van der Waals surface area contributed by atoms with Crippen molar-refractivity contribution in [1.82, 2.24) is 0 Å². The molecule has 30 heavy (non-hydrogen) atoms. The lowest BCUT2D eigenvalue weighted by Crippen LogP contribution is -2.08. The molecule has 0 bridgehead atoms. The standard InChI is InChI=1S/C23H21F3O3S/c1-13-10-14(2)20(15(3)11-13)21-18(27)12-16(29-22(21)28)8-9-30-19-7-5-4-6-17(19)23(24,25)26/h4-7,10-12,27H,8-9H2,1-3H3. The van der Waals surface area contributed by atoms with E-state index in [0.29, 0.717) is 5.56 Å². The molecule has 1 aromatic heterocycles. The summed E-state index contributed by atoms with van der Waals surface area (Å²) >= 11 is 1.02. The quantitative estimate of drug-likeness (QED) is 0.480. The molecule has 0 saturated carbocycles. The molecule has 3 rings (SSSR count). The molecule has 3 aromatic rings. The van der Waals surface area contributed by atoms with Gasteiger partial charge < -0.3 is 9.52 Å². The van der Waals surface area contributed by atoms with Gasteiger partial charge in [0.25, 0.3) is 0 Å². The van der Waals surface area contributed by atoms with Crippen molar-refractivity contribution in [3.05, 3.63) is 80.9 Å². The lowest BCUT2D eigenvalue weighted by Gasteiger charge is -2.13. The van der Waals surface area contributed by atoms with Gasteiger partial charge >= 0.3 is 11.8 Å². The first-order chi connectivity index (χ1) is 14.1. The van der Waals surface area contributed by atoms with Gasteiger partial charge in [-0.15, -0.1) is 11.8 Å². The van der Waals surface area contributed by atoms with Gasteiger partial charge in [0.05, 0.1) is 5.56 Å². The Hall–Kier alpha value is -2.67. The Balaban J connectivity index is 1.82. The van der Waals surface area contributed by atoms with Crippen LogP contribution >= 0.6 is 11.8 Å². The van der Waals surface area contributed by atoms with Crippen LogP contribution in [0.5, 0.6) is 5.75 Å². The zero-order valence-corrected chi connectivity index (χ0v) is 17.6. The zero-order chi connectivity index (χ0) is 22.1. The van der Waals surface area contributed by atoms with Crippen LogP contribution in [0.1, 0.15) is 28.0 Å². The summed E-state index contributed by atoms with van der Waals surface area (Å²) in [5, 5.41) is 10.5. The predicted octanol–water partition coefficient (Wildman–Crippen LogP) is 6.29. The van der Waals surface area contributed by atoms with Crippen LogP contribution in [0.2, 0.25) is 0 Å². The normalized spacial score (nSPS) is 11.7. The van der Waals surface area contributed by atoms with Crippen LogP contribution in [0.3, 0.4) is 0 Å². The first-order valence-electron chi connectivity index (χ1n) is 9.31. The first kappa shape index (κ1) is 22.0. The summed E-state index contributed by atoms with van der Waals surface area (Å²) in [6.07, 6.45) is -4.23. The predicted molar refractivity (Wildman–Crippen MR) is 112 cm³/mol. The van der Waals surface area contributed by atoms with Gasteiger partial charge in [0, 0.05) is 23.1 Å². The SMILES string of the molecule is Cc1cc(C)c(-c2c(O)cc(CCSc3ccccc3C(F)(F)F)oc2=O)c(C)c1. The summed E-state index contributed by atoms with van der Waals surface area (Å²) in [4.78, 5) is 12.7. The van der Waals surface area contributed by atoms with Crippen LogP contribution in [-0.4, -0.2) is 10.9 Å². The second-order valence-corrected chi connectivity index (χ2v) is 8.26. The Morgan fingerprint density at radius 1 is 1.00 bits per heavy atom. The number of hydrogen-bond acceptors (Lipinski definition) is 4. The maximum Gasteiger partial charge on any atom is 0.417 e. The van der Waals surface area contributed by atoms with E-state index in [1.54, 1.807) is 6.07 Å².